The fourth-order valence-corrected chi connectivity index (χ4v) is 4.33. The first-order valence-electron chi connectivity index (χ1n) is 10.6. The number of rotatable bonds is 5. The second-order valence-corrected chi connectivity index (χ2v) is 9.77. The van der Waals surface area contributed by atoms with Crippen molar-refractivity contribution >= 4 is 41.0 Å². The zero-order chi connectivity index (χ0) is 24.2. The third-order valence-electron chi connectivity index (χ3n) is 5.43. The minimum absolute atomic E-state index is 0.111. The van der Waals surface area contributed by atoms with E-state index in [4.69, 9.17) is 4.74 Å². The number of carbonyl (C=O) groups is 3. The number of hydrogen-bond donors (Lipinski definition) is 2. The van der Waals surface area contributed by atoms with Gasteiger partial charge in [0.25, 0.3) is 5.91 Å². The van der Waals surface area contributed by atoms with E-state index in [2.05, 4.69) is 10.6 Å². The summed E-state index contributed by atoms with van der Waals surface area (Å²) in [5, 5.41) is 5.50. The van der Waals surface area contributed by atoms with Crippen LogP contribution < -0.4 is 20.3 Å². The topological polar surface area (TPSA) is 91.0 Å². The first kappa shape index (κ1) is 24.4. The highest BCUT2D eigenvalue weighted by molar-refractivity contribution is 7.99. The van der Waals surface area contributed by atoms with Gasteiger partial charge in [0.15, 0.2) is 0 Å². The molecule has 1 atom stereocenters. The number of amides is 4. The van der Waals surface area contributed by atoms with Gasteiger partial charge >= 0.3 is 6.03 Å². The molecule has 2 aromatic rings. The summed E-state index contributed by atoms with van der Waals surface area (Å²) in [5.41, 5.74) is 0.831. The van der Waals surface area contributed by atoms with Gasteiger partial charge in [0.1, 0.15) is 18.3 Å². The molecular formula is C24H30N4O4S. The van der Waals surface area contributed by atoms with Gasteiger partial charge in [0.05, 0.1) is 12.8 Å². The van der Waals surface area contributed by atoms with Crippen molar-refractivity contribution in [2.45, 2.75) is 37.2 Å². The fraction of sp³-hybridized carbons (Fsp3) is 0.375. The van der Waals surface area contributed by atoms with Crippen LogP contribution in [0.3, 0.4) is 0 Å². The number of likely N-dealkylation sites (N-methyl/N-ethyl adjacent to an activating group) is 1. The van der Waals surface area contributed by atoms with E-state index in [1.54, 1.807) is 43.3 Å². The van der Waals surface area contributed by atoms with Gasteiger partial charge < -0.3 is 25.2 Å². The molecule has 2 N–H and O–H groups in total. The molecule has 1 heterocycles. The Balaban J connectivity index is 1.79. The predicted octanol–water partition coefficient (Wildman–Crippen LogP) is 3.58. The molecule has 176 valence electrons. The van der Waals surface area contributed by atoms with Gasteiger partial charge in [-0.05, 0) is 45.0 Å². The average molecular weight is 471 g/mol. The van der Waals surface area contributed by atoms with Gasteiger partial charge in [0.2, 0.25) is 5.91 Å². The van der Waals surface area contributed by atoms with Crippen LogP contribution in [0.2, 0.25) is 0 Å². The molecule has 0 spiro atoms. The van der Waals surface area contributed by atoms with E-state index < -0.39 is 12.1 Å². The quantitative estimate of drug-likeness (QED) is 0.697. The number of para-hydroxylation sites is 1. The normalized spacial score (nSPS) is 15.8. The van der Waals surface area contributed by atoms with Crippen LogP contribution >= 0.6 is 11.8 Å². The maximum atomic E-state index is 13.5. The number of fused-ring (bicyclic) bond motifs is 1. The summed E-state index contributed by atoms with van der Waals surface area (Å²) < 4.78 is 5.18. The van der Waals surface area contributed by atoms with Crippen molar-refractivity contribution in [3.63, 3.8) is 0 Å². The number of urea groups is 1. The zero-order valence-corrected chi connectivity index (χ0v) is 20.4. The van der Waals surface area contributed by atoms with Gasteiger partial charge in [-0.25, -0.2) is 4.79 Å². The summed E-state index contributed by atoms with van der Waals surface area (Å²) in [5.74, 6) is 0.444. The molecule has 0 aromatic heterocycles. The van der Waals surface area contributed by atoms with Crippen molar-refractivity contribution in [1.29, 1.82) is 0 Å². The van der Waals surface area contributed by atoms with Crippen LogP contribution in [0.1, 0.15) is 20.8 Å². The summed E-state index contributed by atoms with van der Waals surface area (Å²) in [7, 11) is 3.27. The molecule has 3 rings (SSSR count). The van der Waals surface area contributed by atoms with E-state index in [-0.39, 0.29) is 23.9 Å². The van der Waals surface area contributed by atoms with Crippen molar-refractivity contribution in [3.05, 3.63) is 48.5 Å². The van der Waals surface area contributed by atoms with Crippen LogP contribution in [0.5, 0.6) is 5.75 Å². The van der Waals surface area contributed by atoms with Crippen LogP contribution in [-0.4, -0.2) is 60.8 Å². The van der Waals surface area contributed by atoms with Crippen LogP contribution in [-0.2, 0) is 9.59 Å². The monoisotopic (exact) mass is 470 g/mol. The van der Waals surface area contributed by atoms with E-state index in [0.29, 0.717) is 22.9 Å². The minimum atomic E-state index is -0.805. The second kappa shape index (κ2) is 10.2. The first-order chi connectivity index (χ1) is 15.6. The molecule has 0 fully saturated rings. The molecular weight excluding hydrogens is 440 g/mol. The Morgan fingerprint density at radius 3 is 2.61 bits per heavy atom. The number of anilines is 2. The van der Waals surface area contributed by atoms with Crippen LogP contribution in [0, 0.1) is 0 Å². The molecule has 0 radical (unpaired) electrons. The summed E-state index contributed by atoms with van der Waals surface area (Å²) in [6.07, 6.45) is 0. The van der Waals surface area contributed by atoms with Crippen LogP contribution in [0.15, 0.2) is 53.4 Å². The molecule has 2 aromatic carbocycles. The lowest BCUT2D eigenvalue weighted by molar-refractivity contribution is -0.134. The van der Waals surface area contributed by atoms with E-state index in [9.17, 15) is 14.4 Å². The van der Waals surface area contributed by atoms with Crippen molar-refractivity contribution in [1.82, 2.24) is 10.2 Å². The number of ether oxygens (including phenoxy) is 1. The van der Waals surface area contributed by atoms with Crippen molar-refractivity contribution < 1.29 is 19.1 Å². The number of nitrogens with zero attached hydrogens (tertiary/aromatic N) is 2. The van der Waals surface area contributed by atoms with Crippen molar-refractivity contribution in [2.75, 3.05) is 36.7 Å². The summed E-state index contributed by atoms with van der Waals surface area (Å²) in [4.78, 5) is 43.1. The number of benzene rings is 2. The fourth-order valence-electron chi connectivity index (χ4n) is 3.26. The van der Waals surface area contributed by atoms with Crippen molar-refractivity contribution in [3.8, 4) is 5.75 Å². The van der Waals surface area contributed by atoms with Gasteiger partial charge in [-0.3, -0.25) is 9.59 Å². The number of carbonyl (C=O) groups excluding carboxylic acids is 3. The largest absolute Gasteiger partial charge is 0.497 e. The molecule has 0 aliphatic carbocycles. The molecule has 0 saturated heterocycles. The Morgan fingerprint density at radius 1 is 1.18 bits per heavy atom. The molecule has 0 saturated carbocycles. The Bertz CT molecular complexity index is 1040. The molecule has 1 unspecified atom stereocenters. The minimum Gasteiger partial charge on any atom is -0.497 e. The number of nitrogens with one attached hydrogen (secondary N) is 2. The highest BCUT2D eigenvalue weighted by Gasteiger charge is 2.34. The first-order valence-corrected chi connectivity index (χ1v) is 11.6. The molecule has 33 heavy (non-hydrogen) atoms. The molecule has 1 aliphatic heterocycles. The number of hydrogen-bond acceptors (Lipinski definition) is 5. The van der Waals surface area contributed by atoms with Gasteiger partial charge in [0, 0.05) is 35.0 Å². The third kappa shape index (κ3) is 5.98. The lowest BCUT2D eigenvalue weighted by Gasteiger charge is -2.34. The van der Waals surface area contributed by atoms with Crippen molar-refractivity contribution in [2.24, 2.45) is 0 Å². The molecule has 4 amide bonds. The molecule has 1 aliphatic rings. The lowest BCUT2D eigenvalue weighted by Crippen LogP contribution is -2.54. The zero-order valence-electron chi connectivity index (χ0n) is 19.5. The second-order valence-electron chi connectivity index (χ2n) is 8.71. The maximum Gasteiger partial charge on any atom is 0.319 e. The number of thioether (sulfide) groups is 1. The summed E-state index contributed by atoms with van der Waals surface area (Å²) >= 11 is 1.47. The maximum absolute atomic E-state index is 13.5. The Kier molecular flexibility index (Phi) is 7.53. The SMILES string of the molecule is COc1cccc(NC(=O)NC2CSc3ccccc3N(CC(=O)N(C)C(C)(C)C)C2=O)c1. The van der Waals surface area contributed by atoms with Gasteiger partial charge in [-0.15, -0.1) is 11.8 Å². The lowest BCUT2D eigenvalue weighted by atomic mass is 10.1. The smallest absolute Gasteiger partial charge is 0.319 e. The molecule has 8 nitrogen and oxygen atoms in total. The molecule has 9 heteroatoms. The molecule has 0 bridgehead atoms. The summed E-state index contributed by atoms with van der Waals surface area (Å²) in [6, 6.07) is 13.1. The van der Waals surface area contributed by atoms with E-state index in [1.807, 2.05) is 45.0 Å². The van der Waals surface area contributed by atoms with Gasteiger partial charge in [-0.1, -0.05) is 18.2 Å². The summed E-state index contributed by atoms with van der Waals surface area (Å²) in [6.45, 7) is 5.70. The third-order valence-corrected chi connectivity index (χ3v) is 6.59. The Labute approximate surface area is 198 Å². The predicted molar refractivity (Wildman–Crippen MR) is 131 cm³/mol. The van der Waals surface area contributed by atoms with Gasteiger partial charge in [-0.2, -0.15) is 0 Å². The average Bonchev–Trinajstić information content (AvgIpc) is 2.90. The van der Waals surface area contributed by atoms with E-state index in [0.717, 1.165) is 4.90 Å². The highest BCUT2D eigenvalue weighted by Crippen LogP contribution is 2.34. The number of methoxy groups -OCH3 is 1. The van der Waals surface area contributed by atoms with E-state index >= 15 is 0 Å². The van der Waals surface area contributed by atoms with Crippen LogP contribution in [0.25, 0.3) is 0 Å². The Hall–Kier alpha value is -3.20. The Morgan fingerprint density at radius 2 is 1.91 bits per heavy atom. The van der Waals surface area contributed by atoms with Crippen LogP contribution in [0.4, 0.5) is 16.2 Å². The standard InChI is InChI=1S/C24H30N4O4S/c1-24(2,3)27(4)21(29)14-28-19-11-6-7-12-20(19)33-15-18(22(28)30)26-23(31)25-16-9-8-10-17(13-16)32-5/h6-13,18H,14-15H2,1-5H3,(H2,25,26,31). The van der Waals surface area contributed by atoms with E-state index in [1.165, 1.54) is 16.7 Å². The highest BCUT2D eigenvalue weighted by atomic mass is 32.2.